The summed E-state index contributed by atoms with van der Waals surface area (Å²) in [4.78, 5) is 14.9. The Morgan fingerprint density at radius 3 is 2.69 bits per heavy atom. The van der Waals surface area contributed by atoms with E-state index < -0.39 is 17.5 Å². The molecule has 0 atom stereocenters. The highest BCUT2D eigenvalue weighted by Gasteiger charge is 2.16. The van der Waals surface area contributed by atoms with Crippen LogP contribution in [-0.4, -0.2) is 16.7 Å². The molecule has 16 heavy (non-hydrogen) atoms. The summed E-state index contributed by atoms with van der Waals surface area (Å²) >= 11 is 5.39. The zero-order chi connectivity index (χ0) is 12.3. The Labute approximate surface area is 97.8 Å². The van der Waals surface area contributed by atoms with Gasteiger partial charge < -0.3 is 4.74 Å². The van der Waals surface area contributed by atoms with E-state index in [1.54, 1.807) is 20.8 Å². The normalized spacial score (nSPS) is 11.1. The highest BCUT2D eigenvalue weighted by atomic mass is 35.5. The fourth-order valence-corrected chi connectivity index (χ4v) is 1.01. The Hall–Kier alpha value is -1.36. The van der Waals surface area contributed by atoms with E-state index in [0.717, 1.165) is 6.07 Å². The number of ether oxygens (including phenoxy) is 1. The van der Waals surface area contributed by atoms with Crippen LogP contribution in [0.2, 0.25) is 5.15 Å². The van der Waals surface area contributed by atoms with Gasteiger partial charge in [-0.05, 0) is 20.8 Å². The van der Waals surface area contributed by atoms with Crippen LogP contribution in [0.15, 0.2) is 12.3 Å². The van der Waals surface area contributed by atoms with Crippen molar-refractivity contribution in [2.24, 2.45) is 0 Å². The molecule has 1 N–H and O–H groups in total. The average molecular weight is 247 g/mol. The van der Waals surface area contributed by atoms with Crippen molar-refractivity contribution in [2.45, 2.75) is 26.4 Å². The Balaban J connectivity index is 2.67. The number of carbonyl (C=O) groups is 1. The Kier molecular flexibility index (Phi) is 3.70. The van der Waals surface area contributed by atoms with E-state index in [1.807, 2.05) is 0 Å². The second-order valence-corrected chi connectivity index (χ2v) is 4.48. The number of carbonyl (C=O) groups excluding carboxylic acids is 1. The molecule has 0 bridgehead atoms. The highest BCUT2D eigenvalue weighted by Crippen LogP contribution is 2.16. The number of nitrogens with one attached hydrogen (secondary N) is 1. The molecule has 0 aliphatic rings. The molecule has 0 aliphatic heterocycles. The van der Waals surface area contributed by atoms with Gasteiger partial charge in [0.15, 0.2) is 11.0 Å². The maximum absolute atomic E-state index is 13.0. The van der Waals surface area contributed by atoms with Gasteiger partial charge in [0.25, 0.3) is 0 Å². The van der Waals surface area contributed by atoms with Gasteiger partial charge in [0.2, 0.25) is 0 Å². The lowest BCUT2D eigenvalue weighted by Gasteiger charge is -2.19. The molecule has 88 valence electrons. The zero-order valence-electron chi connectivity index (χ0n) is 9.17. The smallest absolute Gasteiger partial charge is 0.412 e. The largest absolute Gasteiger partial charge is 0.444 e. The fraction of sp³-hybridized carbons (Fsp3) is 0.400. The number of pyridine rings is 1. The van der Waals surface area contributed by atoms with Crippen molar-refractivity contribution in [3.8, 4) is 0 Å². The Morgan fingerprint density at radius 2 is 2.19 bits per heavy atom. The monoisotopic (exact) mass is 246 g/mol. The minimum Gasteiger partial charge on any atom is -0.444 e. The maximum Gasteiger partial charge on any atom is 0.412 e. The average Bonchev–Trinajstić information content (AvgIpc) is 2.08. The van der Waals surface area contributed by atoms with E-state index in [2.05, 4.69) is 10.3 Å². The predicted octanol–water partition coefficient (Wildman–Crippen LogP) is 3.22. The van der Waals surface area contributed by atoms with Crippen LogP contribution in [0.5, 0.6) is 0 Å². The van der Waals surface area contributed by atoms with Crippen molar-refractivity contribution in [1.82, 2.24) is 4.98 Å². The van der Waals surface area contributed by atoms with Crippen LogP contribution in [0, 0.1) is 5.82 Å². The third-order valence-corrected chi connectivity index (χ3v) is 1.72. The minimum atomic E-state index is -0.699. The molecule has 0 aliphatic carbocycles. The molecule has 1 heterocycles. The second-order valence-electron chi connectivity index (χ2n) is 4.12. The molecule has 1 aromatic heterocycles. The van der Waals surface area contributed by atoms with Gasteiger partial charge >= 0.3 is 6.09 Å². The van der Waals surface area contributed by atoms with E-state index in [1.165, 1.54) is 6.20 Å². The molecule has 4 nitrogen and oxygen atoms in total. The summed E-state index contributed by atoms with van der Waals surface area (Å²) in [5.41, 5.74) is -0.418. The number of nitrogens with zero attached hydrogens (tertiary/aromatic N) is 1. The van der Waals surface area contributed by atoms with Crippen molar-refractivity contribution >= 4 is 23.4 Å². The Morgan fingerprint density at radius 1 is 1.56 bits per heavy atom. The van der Waals surface area contributed by atoms with Crippen molar-refractivity contribution in [3.63, 3.8) is 0 Å². The summed E-state index contributed by atoms with van der Waals surface area (Å²) in [6.45, 7) is 5.19. The first-order valence-electron chi connectivity index (χ1n) is 4.59. The SMILES string of the molecule is CC(C)(C)OC(=O)Nc1cnc(Cl)c(F)c1. The van der Waals surface area contributed by atoms with Crippen LogP contribution in [0.1, 0.15) is 20.8 Å². The molecule has 0 saturated carbocycles. The second kappa shape index (κ2) is 4.65. The summed E-state index contributed by atoms with van der Waals surface area (Å²) in [5.74, 6) is -0.699. The summed E-state index contributed by atoms with van der Waals surface area (Å²) in [5, 5.41) is 2.10. The standard InChI is InChI=1S/C10H12ClFN2O2/c1-10(2,3)16-9(15)14-6-4-7(12)8(11)13-5-6/h4-5H,1-3H3,(H,14,15). The molecule has 0 fully saturated rings. The lowest BCUT2D eigenvalue weighted by atomic mass is 10.2. The van der Waals surface area contributed by atoms with Crippen LogP contribution in [-0.2, 0) is 4.74 Å². The fourth-order valence-electron chi connectivity index (χ4n) is 0.911. The molecule has 1 rings (SSSR count). The number of anilines is 1. The molecular formula is C10H12ClFN2O2. The van der Waals surface area contributed by atoms with Crippen molar-refractivity contribution in [3.05, 3.63) is 23.2 Å². The van der Waals surface area contributed by atoms with Gasteiger partial charge in [0.1, 0.15) is 5.60 Å². The third kappa shape index (κ3) is 4.02. The Bertz CT molecular complexity index is 404. The van der Waals surface area contributed by atoms with Gasteiger partial charge in [-0.25, -0.2) is 14.2 Å². The molecule has 0 unspecified atom stereocenters. The molecule has 0 saturated heterocycles. The number of rotatable bonds is 1. The molecule has 0 aromatic carbocycles. The van der Waals surface area contributed by atoms with Crippen LogP contribution in [0.4, 0.5) is 14.9 Å². The third-order valence-electron chi connectivity index (χ3n) is 1.44. The number of amides is 1. The van der Waals surface area contributed by atoms with Gasteiger partial charge in [-0.1, -0.05) is 11.6 Å². The first-order chi connectivity index (χ1) is 7.28. The van der Waals surface area contributed by atoms with Crippen LogP contribution >= 0.6 is 11.6 Å². The molecule has 1 aromatic rings. The first-order valence-corrected chi connectivity index (χ1v) is 4.97. The quantitative estimate of drug-likeness (QED) is 0.774. The molecule has 1 amide bonds. The van der Waals surface area contributed by atoms with Crippen LogP contribution < -0.4 is 5.32 Å². The number of hydrogen-bond acceptors (Lipinski definition) is 3. The topological polar surface area (TPSA) is 51.2 Å². The van der Waals surface area contributed by atoms with Gasteiger partial charge in [0.05, 0.1) is 11.9 Å². The lowest BCUT2D eigenvalue weighted by molar-refractivity contribution is 0.0636. The molecule has 6 heteroatoms. The number of halogens is 2. The molecular weight excluding hydrogens is 235 g/mol. The lowest BCUT2D eigenvalue weighted by Crippen LogP contribution is -2.27. The van der Waals surface area contributed by atoms with Crippen molar-refractivity contribution in [1.29, 1.82) is 0 Å². The van der Waals surface area contributed by atoms with E-state index in [9.17, 15) is 9.18 Å². The van der Waals surface area contributed by atoms with Crippen LogP contribution in [0.3, 0.4) is 0 Å². The van der Waals surface area contributed by atoms with Gasteiger partial charge in [-0.3, -0.25) is 5.32 Å². The number of hydrogen-bond donors (Lipinski definition) is 1. The first kappa shape index (κ1) is 12.7. The van der Waals surface area contributed by atoms with Gasteiger partial charge in [0, 0.05) is 6.07 Å². The van der Waals surface area contributed by atoms with Gasteiger partial charge in [-0.2, -0.15) is 0 Å². The zero-order valence-corrected chi connectivity index (χ0v) is 9.93. The van der Waals surface area contributed by atoms with Crippen molar-refractivity contribution in [2.75, 3.05) is 5.32 Å². The van der Waals surface area contributed by atoms with Crippen molar-refractivity contribution < 1.29 is 13.9 Å². The molecule has 0 radical (unpaired) electrons. The van der Waals surface area contributed by atoms with E-state index in [-0.39, 0.29) is 10.8 Å². The van der Waals surface area contributed by atoms with E-state index in [4.69, 9.17) is 16.3 Å². The van der Waals surface area contributed by atoms with E-state index >= 15 is 0 Å². The van der Waals surface area contributed by atoms with Crippen LogP contribution in [0.25, 0.3) is 0 Å². The summed E-state index contributed by atoms with van der Waals surface area (Å²) in [7, 11) is 0. The predicted molar refractivity (Wildman–Crippen MR) is 59.1 cm³/mol. The summed E-state index contributed by atoms with van der Waals surface area (Å²) < 4.78 is 18.0. The van der Waals surface area contributed by atoms with E-state index in [0.29, 0.717) is 0 Å². The number of aromatic nitrogens is 1. The highest BCUT2D eigenvalue weighted by molar-refractivity contribution is 6.29. The summed E-state index contributed by atoms with van der Waals surface area (Å²) in [6, 6.07) is 1.07. The van der Waals surface area contributed by atoms with Gasteiger partial charge in [-0.15, -0.1) is 0 Å². The minimum absolute atomic E-state index is 0.191. The summed E-state index contributed by atoms with van der Waals surface area (Å²) in [6.07, 6.45) is 0.575. The molecule has 0 spiro atoms. The maximum atomic E-state index is 13.0.